The number of hydrogen-bond donors (Lipinski definition) is 0. The fraction of sp³-hybridized carbons (Fsp3) is 0.800. The molecule has 0 aliphatic carbocycles. The first-order chi connectivity index (χ1) is 8.18. The highest BCUT2D eigenvalue weighted by molar-refractivity contribution is 8.39. The summed E-state index contributed by atoms with van der Waals surface area (Å²) in [6, 6.07) is 0. The minimum absolute atomic E-state index is 0.0669. The quantitative estimate of drug-likeness (QED) is 0.732. The van der Waals surface area contributed by atoms with E-state index in [0.29, 0.717) is 18.4 Å². The summed E-state index contributed by atoms with van der Waals surface area (Å²) in [4.78, 5) is 0. The Kier molecular flexibility index (Phi) is 4.77. The molecule has 1 rings (SSSR count). The zero-order valence-corrected chi connectivity index (χ0v) is 11.8. The molecule has 0 amide bonds. The van der Waals surface area contributed by atoms with Crippen molar-refractivity contribution in [3.63, 3.8) is 0 Å². The lowest BCUT2D eigenvalue weighted by Crippen LogP contribution is -2.41. The highest BCUT2D eigenvalue weighted by Gasteiger charge is 2.60. The highest BCUT2D eigenvalue weighted by atomic mass is 32.3. The van der Waals surface area contributed by atoms with Gasteiger partial charge in [0.15, 0.2) is 0 Å². The molecule has 0 aromatic carbocycles. The molecule has 1 heterocycles. The normalized spacial score (nSPS) is 22.4. The SMILES string of the molecule is C=C(C)CS1(C(F)(F)S(=O)(=O)OF)CCCCC1. The first kappa shape index (κ1) is 15.8. The molecule has 0 unspecified atom stereocenters. The molecule has 0 radical (unpaired) electrons. The molecule has 1 aliphatic rings. The number of hydrogen-bond acceptors (Lipinski definition) is 3. The van der Waals surface area contributed by atoms with Crippen molar-refractivity contribution in [1.29, 1.82) is 0 Å². The van der Waals surface area contributed by atoms with E-state index in [4.69, 9.17) is 0 Å². The van der Waals surface area contributed by atoms with Crippen LogP contribution in [0, 0.1) is 0 Å². The molecule has 0 N–H and O–H groups in total. The van der Waals surface area contributed by atoms with E-state index in [-0.39, 0.29) is 17.3 Å². The Labute approximate surface area is 107 Å². The third-order valence-electron chi connectivity index (χ3n) is 2.97. The van der Waals surface area contributed by atoms with Gasteiger partial charge in [0, 0.05) is 5.75 Å². The fourth-order valence-corrected chi connectivity index (χ4v) is 8.38. The number of alkyl halides is 2. The predicted molar refractivity (Wildman–Crippen MR) is 66.9 cm³/mol. The largest absolute Gasteiger partial charge is 0.405 e. The Hall–Kier alpha value is -0.210. The Morgan fingerprint density at radius 2 is 1.83 bits per heavy atom. The van der Waals surface area contributed by atoms with Crippen molar-refractivity contribution in [2.45, 2.75) is 30.8 Å². The second-order valence-corrected chi connectivity index (χ2v) is 10.1. The maximum atomic E-state index is 14.1. The Morgan fingerprint density at radius 3 is 2.22 bits per heavy atom. The molecule has 1 saturated heterocycles. The van der Waals surface area contributed by atoms with Crippen molar-refractivity contribution in [3.05, 3.63) is 12.2 Å². The van der Waals surface area contributed by atoms with Gasteiger partial charge in [0.1, 0.15) is 0 Å². The minimum atomic E-state index is -5.51. The maximum Gasteiger partial charge on any atom is 0.405 e. The molecule has 1 fully saturated rings. The molecule has 108 valence electrons. The third-order valence-corrected chi connectivity index (χ3v) is 9.59. The van der Waals surface area contributed by atoms with Crippen molar-refractivity contribution in [2.75, 3.05) is 17.3 Å². The van der Waals surface area contributed by atoms with E-state index in [1.807, 2.05) is 0 Å². The van der Waals surface area contributed by atoms with E-state index >= 15 is 0 Å². The van der Waals surface area contributed by atoms with Gasteiger partial charge in [0.2, 0.25) is 0 Å². The smallest absolute Gasteiger partial charge is 0.189 e. The van der Waals surface area contributed by atoms with Crippen LogP contribution in [0.2, 0.25) is 0 Å². The van der Waals surface area contributed by atoms with E-state index in [1.165, 1.54) is 0 Å². The van der Waals surface area contributed by atoms with Gasteiger partial charge in [-0.2, -0.15) is 27.2 Å². The summed E-state index contributed by atoms with van der Waals surface area (Å²) in [5.41, 5.74) is 0.487. The molecule has 0 aromatic heterocycles. The van der Waals surface area contributed by atoms with Crippen LogP contribution in [0.25, 0.3) is 0 Å². The van der Waals surface area contributed by atoms with Gasteiger partial charge >= 0.3 is 14.7 Å². The second-order valence-electron chi connectivity index (χ2n) is 4.60. The van der Waals surface area contributed by atoms with Gasteiger partial charge in [-0.25, -0.2) is 0 Å². The predicted octanol–water partition coefficient (Wildman–Crippen LogP) is 3.33. The van der Waals surface area contributed by atoms with Crippen molar-refractivity contribution < 1.29 is 26.1 Å². The topological polar surface area (TPSA) is 43.4 Å². The van der Waals surface area contributed by atoms with Crippen molar-refractivity contribution in [1.82, 2.24) is 0 Å². The zero-order valence-electron chi connectivity index (χ0n) is 10.1. The summed E-state index contributed by atoms with van der Waals surface area (Å²) in [6.07, 6.45) is 1.84. The van der Waals surface area contributed by atoms with Crippen LogP contribution in [-0.2, 0) is 14.5 Å². The molecule has 8 heteroatoms. The summed E-state index contributed by atoms with van der Waals surface area (Å²) >= 11 is 0. The van der Waals surface area contributed by atoms with Gasteiger partial charge in [-0.05, 0) is 35.8 Å². The molecular weight excluding hydrogens is 289 g/mol. The van der Waals surface area contributed by atoms with Crippen LogP contribution in [0.5, 0.6) is 0 Å². The van der Waals surface area contributed by atoms with Gasteiger partial charge in [-0.1, -0.05) is 23.0 Å². The fourth-order valence-electron chi connectivity index (χ4n) is 2.23. The molecule has 18 heavy (non-hydrogen) atoms. The summed E-state index contributed by atoms with van der Waals surface area (Å²) in [5.74, 6) is 0.146. The lowest BCUT2D eigenvalue weighted by Gasteiger charge is -2.46. The van der Waals surface area contributed by atoms with Crippen LogP contribution in [0.4, 0.5) is 13.3 Å². The summed E-state index contributed by atoms with van der Waals surface area (Å²) < 4.78 is 61.0. The molecule has 0 aromatic rings. The Balaban J connectivity index is 3.21. The van der Waals surface area contributed by atoms with Gasteiger partial charge < -0.3 is 0 Å². The van der Waals surface area contributed by atoms with Crippen molar-refractivity contribution in [2.24, 2.45) is 0 Å². The average Bonchev–Trinajstić information content (AvgIpc) is 2.29. The van der Waals surface area contributed by atoms with E-state index in [2.05, 4.69) is 11.0 Å². The van der Waals surface area contributed by atoms with Crippen molar-refractivity contribution in [3.8, 4) is 0 Å². The Bertz CT molecular complexity index is 414. The van der Waals surface area contributed by atoms with Crippen LogP contribution in [-0.4, -0.2) is 30.3 Å². The van der Waals surface area contributed by atoms with Gasteiger partial charge in [-0.15, -0.1) is 0 Å². The average molecular weight is 306 g/mol. The van der Waals surface area contributed by atoms with Gasteiger partial charge in [-0.3, -0.25) is 0 Å². The first-order valence-electron chi connectivity index (χ1n) is 5.51. The number of halogens is 3. The minimum Gasteiger partial charge on any atom is -0.189 e. The maximum absolute atomic E-state index is 14.1. The van der Waals surface area contributed by atoms with E-state index in [0.717, 1.165) is 6.42 Å². The van der Waals surface area contributed by atoms with Crippen LogP contribution in [0.3, 0.4) is 0 Å². The third kappa shape index (κ3) is 2.70. The molecule has 1 aliphatic heterocycles. The molecule has 0 atom stereocenters. The van der Waals surface area contributed by atoms with Gasteiger partial charge in [0.05, 0.1) is 0 Å². The molecule has 0 saturated carbocycles. The first-order valence-corrected chi connectivity index (χ1v) is 9.06. The van der Waals surface area contributed by atoms with Crippen LogP contribution >= 0.6 is 10.0 Å². The van der Waals surface area contributed by atoms with Crippen molar-refractivity contribution >= 4 is 20.1 Å². The van der Waals surface area contributed by atoms with Crippen LogP contribution in [0.1, 0.15) is 26.2 Å². The molecule has 0 bridgehead atoms. The lowest BCUT2D eigenvalue weighted by atomic mass is 10.3. The monoisotopic (exact) mass is 306 g/mol. The van der Waals surface area contributed by atoms with Crippen LogP contribution < -0.4 is 0 Å². The molecule has 0 spiro atoms. The summed E-state index contributed by atoms with van der Waals surface area (Å²) in [5, 5.41) is 0. The summed E-state index contributed by atoms with van der Waals surface area (Å²) in [7, 11) is -8.34. The highest BCUT2D eigenvalue weighted by Crippen LogP contribution is 2.66. The van der Waals surface area contributed by atoms with Gasteiger partial charge in [0.25, 0.3) is 0 Å². The van der Waals surface area contributed by atoms with E-state index in [9.17, 15) is 21.7 Å². The van der Waals surface area contributed by atoms with Crippen LogP contribution in [0.15, 0.2) is 12.2 Å². The number of rotatable bonds is 5. The molecule has 3 nitrogen and oxygen atoms in total. The molecular formula is C10H17F3O3S2. The summed E-state index contributed by atoms with van der Waals surface area (Å²) in [6.45, 7) is 5.15. The van der Waals surface area contributed by atoms with E-state index < -0.39 is 24.7 Å². The zero-order chi connectivity index (χ0) is 14.0. The Morgan fingerprint density at radius 1 is 1.33 bits per heavy atom. The lowest BCUT2D eigenvalue weighted by molar-refractivity contribution is -0.0125. The standard InChI is InChI=1S/C10H17F3O3S2/c1-9(2)8-17(6-4-3-5-7-17)10(11,12)18(14,15)16-13/h1,3-8H2,2H3. The van der Waals surface area contributed by atoms with E-state index in [1.54, 1.807) is 6.92 Å². The second kappa shape index (κ2) is 5.42.